The maximum Gasteiger partial charge on any atom is 0.304 e. The van der Waals surface area contributed by atoms with Crippen LogP contribution in [0.4, 0.5) is 0 Å². The van der Waals surface area contributed by atoms with Crippen LogP contribution in [0.2, 0.25) is 0 Å². The summed E-state index contributed by atoms with van der Waals surface area (Å²) in [5.41, 5.74) is 3.05. The Bertz CT molecular complexity index is 1150. The fourth-order valence-corrected chi connectivity index (χ4v) is 4.43. The van der Waals surface area contributed by atoms with E-state index in [1.165, 1.54) is 6.26 Å². The minimum atomic E-state index is -3.20. The number of aryl methyl sites for hydroxylation is 1. The second-order valence-corrected chi connectivity index (χ2v) is 9.25. The number of aliphatic carboxylic acids is 1. The van der Waals surface area contributed by atoms with Crippen molar-refractivity contribution in [3.05, 3.63) is 59.8 Å². The number of carboxylic acids is 1. The van der Waals surface area contributed by atoms with E-state index < -0.39 is 15.8 Å². The Morgan fingerprint density at radius 3 is 2.61 bits per heavy atom. The molecule has 0 radical (unpaired) electrons. The first-order chi connectivity index (χ1) is 13.3. The highest BCUT2D eigenvalue weighted by atomic mass is 32.2. The number of aromatic nitrogens is 1. The molecule has 0 saturated carbocycles. The molecule has 0 amide bonds. The monoisotopic (exact) mass is 399 g/mol. The average Bonchev–Trinajstić information content (AvgIpc) is 3.18. The van der Waals surface area contributed by atoms with Gasteiger partial charge in [-0.25, -0.2) is 8.42 Å². The largest absolute Gasteiger partial charge is 0.489 e. The third kappa shape index (κ3) is 3.62. The smallest absolute Gasteiger partial charge is 0.304 e. The predicted octanol–water partition coefficient (Wildman–Crippen LogP) is 3.59. The van der Waals surface area contributed by atoms with Gasteiger partial charge in [-0.2, -0.15) is 0 Å². The summed E-state index contributed by atoms with van der Waals surface area (Å²) in [5, 5.41) is 10.1. The highest BCUT2D eigenvalue weighted by Crippen LogP contribution is 2.37. The average molecular weight is 399 g/mol. The number of hydrogen-bond donors (Lipinski definition) is 1. The number of hydrogen-bond acceptors (Lipinski definition) is 4. The Hall–Kier alpha value is -2.80. The number of ether oxygens (including phenoxy) is 1. The number of nitrogens with zero attached hydrogens (tertiary/aromatic N) is 1. The molecule has 2 heterocycles. The fraction of sp³-hybridized carbons (Fsp3) is 0.286. The minimum Gasteiger partial charge on any atom is -0.489 e. The van der Waals surface area contributed by atoms with E-state index in [4.69, 9.17) is 9.84 Å². The molecule has 4 rings (SSSR count). The number of benzene rings is 2. The van der Waals surface area contributed by atoms with Crippen molar-refractivity contribution in [2.75, 3.05) is 6.26 Å². The number of carbonyl (C=O) groups is 1. The predicted molar refractivity (Wildman–Crippen MR) is 105 cm³/mol. The molecule has 2 aromatic carbocycles. The molecule has 1 atom stereocenters. The van der Waals surface area contributed by atoms with Crippen LogP contribution in [0, 0.1) is 0 Å². The van der Waals surface area contributed by atoms with Gasteiger partial charge in [-0.1, -0.05) is 12.1 Å². The molecule has 1 aliphatic rings. The van der Waals surface area contributed by atoms with Gasteiger partial charge in [0.2, 0.25) is 0 Å². The van der Waals surface area contributed by atoms with Gasteiger partial charge < -0.3 is 14.4 Å². The Morgan fingerprint density at radius 1 is 1.18 bits per heavy atom. The van der Waals surface area contributed by atoms with Crippen LogP contribution in [0.1, 0.15) is 30.0 Å². The van der Waals surface area contributed by atoms with Crippen LogP contribution in [-0.4, -0.2) is 30.3 Å². The zero-order chi connectivity index (χ0) is 19.9. The minimum absolute atomic E-state index is 0.0580. The molecular formula is C21H21NO5S. The van der Waals surface area contributed by atoms with Crippen molar-refractivity contribution in [2.24, 2.45) is 0 Å². The molecule has 1 aromatic heterocycles. The van der Waals surface area contributed by atoms with Crippen molar-refractivity contribution < 1.29 is 23.1 Å². The summed E-state index contributed by atoms with van der Waals surface area (Å²) in [7, 11) is -3.20. The molecule has 28 heavy (non-hydrogen) atoms. The molecule has 0 saturated heterocycles. The molecule has 0 spiro atoms. The lowest BCUT2D eigenvalue weighted by Crippen LogP contribution is -2.02. The normalized spacial score (nSPS) is 16.2. The van der Waals surface area contributed by atoms with Gasteiger partial charge >= 0.3 is 5.97 Å². The lowest BCUT2D eigenvalue weighted by molar-refractivity contribution is -0.137. The van der Waals surface area contributed by atoms with Crippen molar-refractivity contribution in [1.82, 2.24) is 4.57 Å². The number of sulfone groups is 1. The molecule has 3 aromatic rings. The molecule has 1 N–H and O–H groups in total. The van der Waals surface area contributed by atoms with Crippen LogP contribution in [0.3, 0.4) is 0 Å². The van der Waals surface area contributed by atoms with Crippen molar-refractivity contribution in [2.45, 2.75) is 36.8 Å². The summed E-state index contributed by atoms with van der Waals surface area (Å²) in [6.45, 7) is 1.18. The first-order valence-electron chi connectivity index (χ1n) is 9.08. The summed E-state index contributed by atoms with van der Waals surface area (Å²) < 4.78 is 31.1. The van der Waals surface area contributed by atoms with Gasteiger partial charge in [0.25, 0.3) is 0 Å². The Morgan fingerprint density at radius 2 is 1.93 bits per heavy atom. The molecule has 0 aliphatic carbocycles. The lowest BCUT2D eigenvalue weighted by Gasteiger charge is -2.08. The van der Waals surface area contributed by atoms with Crippen LogP contribution in [-0.2, 0) is 27.8 Å². The third-order valence-electron chi connectivity index (χ3n) is 5.20. The van der Waals surface area contributed by atoms with Crippen LogP contribution >= 0.6 is 0 Å². The van der Waals surface area contributed by atoms with E-state index in [1.807, 2.05) is 18.2 Å². The van der Waals surface area contributed by atoms with Gasteiger partial charge in [0.05, 0.1) is 11.3 Å². The molecule has 0 fully saturated rings. The van der Waals surface area contributed by atoms with Crippen LogP contribution in [0.5, 0.6) is 5.75 Å². The first kappa shape index (κ1) is 18.6. The van der Waals surface area contributed by atoms with Crippen molar-refractivity contribution in [3.8, 4) is 5.75 Å². The number of carboxylic acid groups (broad SMARTS) is 1. The van der Waals surface area contributed by atoms with Gasteiger partial charge in [0.1, 0.15) is 12.4 Å². The summed E-state index contributed by atoms with van der Waals surface area (Å²) in [6, 6.07) is 14.6. The quantitative estimate of drug-likeness (QED) is 0.685. The van der Waals surface area contributed by atoms with E-state index in [2.05, 4.69) is 10.6 Å². The second kappa shape index (κ2) is 6.98. The number of rotatable bonds is 6. The van der Waals surface area contributed by atoms with E-state index in [9.17, 15) is 13.2 Å². The van der Waals surface area contributed by atoms with Gasteiger partial charge in [-0.05, 0) is 48.4 Å². The van der Waals surface area contributed by atoms with Crippen LogP contribution < -0.4 is 4.74 Å². The zero-order valence-electron chi connectivity index (χ0n) is 15.5. The van der Waals surface area contributed by atoms with Gasteiger partial charge in [0.15, 0.2) is 9.84 Å². The highest BCUT2D eigenvalue weighted by Gasteiger charge is 2.26. The molecule has 0 unspecified atom stereocenters. The first-order valence-corrected chi connectivity index (χ1v) is 11.0. The van der Waals surface area contributed by atoms with E-state index in [0.29, 0.717) is 6.61 Å². The molecule has 146 valence electrons. The summed E-state index contributed by atoms with van der Waals surface area (Å²) in [4.78, 5) is 11.4. The summed E-state index contributed by atoms with van der Waals surface area (Å²) >= 11 is 0. The van der Waals surface area contributed by atoms with Crippen LogP contribution in [0.15, 0.2) is 53.4 Å². The van der Waals surface area contributed by atoms with Gasteiger partial charge in [0, 0.05) is 35.3 Å². The van der Waals surface area contributed by atoms with Gasteiger partial charge in [-0.15, -0.1) is 0 Å². The van der Waals surface area contributed by atoms with Crippen molar-refractivity contribution >= 4 is 26.7 Å². The van der Waals surface area contributed by atoms with Crippen molar-refractivity contribution in [1.29, 1.82) is 0 Å². The standard InChI is InChI=1S/C21H21NO5S/c1-28(25,26)18-5-2-14(3-6-18)13-27-17-4-7-19-16(10-17)11-20-15(12-21(23)24)8-9-22(19)20/h2-7,10-11,15H,8-9,12-13H2,1H3,(H,23,24)/t15-/m1/s1. The third-order valence-corrected chi connectivity index (χ3v) is 6.33. The van der Waals surface area contributed by atoms with E-state index in [0.717, 1.165) is 40.9 Å². The highest BCUT2D eigenvalue weighted by molar-refractivity contribution is 7.90. The number of fused-ring (bicyclic) bond motifs is 3. The fourth-order valence-electron chi connectivity index (χ4n) is 3.80. The zero-order valence-corrected chi connectivity index (χ0v) is 16.3. The summed E-state index contributed by atoms with van der Waals surface area (Å²) in [6.07, 6.45) is 2.20. The molecule has 6 nitrogen and oxygen atoms in total. The van der Waals surface area contributed by atoms with Gasteiger partial charge in [-0.3, -0.25) is 4.79 Å². The van der Waals surface area contributed by atoms with E-state index >= 15 is 0 Å². The molecular weight excluding hydrogens is 378 g/mol. The molecule has 7 heteroatoms. The topological polar surface area (TPSA) is 85.6 Å². The maximum absolute atomic E-state index is 11.5. The Labute approximate surface area is 163 Å². The SMILES string of the molecule is CS(=O)(=O)c1ccc(COc2ccc3c(c2)cc2n3CC[C@@H]2CC(=O)O)cc1. The van der Waals surface area contributed by atoms with Crippen molar-refractivity contribution in [3.63, 3.8) is 0 Å². The van der Waals surface area contributed by atoms with E-state index in [-0.39, 0.29) is 17.2 Å². The molecule has 1 aliphatic heterocycles. The van der Waals surface area contributed by atoms with Crippen LogP contribution in [0.25, 0.3) is 10.9 Å². The second-order valence-electron chi connectivity index (χ2n) is 7.23. The maximum atomic E-state index is 11.5. The Balaban J connectivity index is 1.50. The van der Waals surface area contributed by atoms with E-state index in [1.54, 1.807) is 24.3 Å². The lowest BCUT2D eigenvalue weighted by atomic mass is 10.0. The molecule has 0 bridgehead atoms. The summed E-state index contributed by atoms with van der Waals surface area (Å²) in [5.74, 6) is 0.0102. The Kier molecular flexibility index (Phi) is 4.63.